The van der Waals surface area contributed by atoms with Crippen molar-refractivity contribution in [3.8, 4) is 0 Å². The van der Waals surface area contributed by atoms with Crippen LogP contribution in [0.15, 0.2) is 48.5 Å². The first-order chi connectivity index (χ1) is 13.2. The Morgan fingerprint density at radius 1 is 1.00 bits per heavy atom. The third-order valence-corrected chi connectivity index (χ3v) is 5.93. The molecule has 0 spiro atoms. The Balaban J connectivity index is 1.22. The lowest BCUT2D eigenvalue weighted by Gasteiger charge is -2.32. The van der Waals surface area contributed by atoms with Crippen molar-refractivity contribution in [3.63, 3.8) is 0 Å². The van der Waals surface area contributed by atoms with E-state index in [0.29, 0.717) is 0 Å². The molecule has 27 heavy (non-hydrogen) atoms. The molecule has 2 aliphatic rings. The highest BCUT2D eigenvalue weighted by Crippen LogP contribution is 2.30. The monoisotopic (exact) mass is 383 g/mol. The molecule has 1 aliphatic heterocycles. The van der Waals surface area contributed by atoms with Gasteiger partial charge in [0.25, 0.3) is 0 Å². The molecule has 2 N–H and O–H groups in total. The Kier molecular flexibility index (Phi) is 5.65. The molecule has 2 aromatic rings. The van der Waals surface area contributed by atoms with E-state index in [-0.39, 0.29) is 18.1 Å². The molecule has 5 heteroatoms. The Hall–Kier alpha value is -2.04. The fraction of sp³-hybridized carbons (Fsp3) is 0.409. The Bertz CT molecular complexity index is 784. The van der Waals surface area contributed by atoms with Crippen LogP contribution in [0.1, 0.15) is 42.0 Å². The van der Waals surface area contributed by atoms with Gasteiger partial charge in [0.15, 0.2) is 0 Å². The highest BCUT2D eigenvalue weighted by atomic mass is 35.5. The van der Waals surface area contributed by atoms with Gasteiger partial charge in [-0.1, -0.05) is 48.0 Å². The van der Waals surface area contributed by atoms with E-state index in [2.05, 4.69) is 45.9 Å². The van der Waals surface area contributed by atoms with Gasteiger partial charge in [0.05, 0.1) is 6.04 Å². The second-order valence-electron chi connectivity index (χ2n) is 7.58. The van der Waals surface area contributed by atoms with Gasteiger partial charge in [-0.15, -0.1) is 0 Å². The summed E-state index contributed by atoms with van der Waals surface area (Å²) in [6, 6.07) is 16.8. The number of fused-ring (bicyclic) bond motifs is 1. The highest BCUT2D eigenvalue weighted by molar-refractivity contribution is 6.30. The smallest absolute Gasteiger partial charge is 0.315 e. The average Bonchev–Trinajstić information content (AvgIpc) is 3.08. The van der Waals surface area contributed by atoms with Crippen LogP contribution < -0.4 is 10.6 Å². The van der Waals surface area contributed by atoms with Gasteiger partial charge >= 0.3 is 6.03 Å². The number of amides is 2. The van der Waals surface area contributed by atoms with Crippen molar-refractivity contribution in [2.75, 3.05) is 13.1 Å². The largest absolute Gasteiger partial charge is 0.335 e. The molecule has 1 aliphatic carbocycles. The van der Waals surface area contributed by atoms with Crippen molar-refractivity contribution in [2.24, 2.45) is 0 Å². The van der Waals surface area contributed by atoms with Gasteiger partial charge < -0.3 is 10.6 Å². The molecule has 1 atom stereocenters. The summed E-state index contributed by atoms with van der Waals surface area (Å²) in [5.41, 5.74) is 3.91. The fourth-order valence-corrected chi connectivity index (χ4v) is 4.30. The number of carbonyl (C=O) groups is 1. The number of halogens is 1. The third-order valence-electron chi connectivity index (χ3n) is 5.68. The van der Waals surface area contributed by atoms with Crippen molar-refractivity contribution in [1.82, 2.24) is 15.5 Å². The molecule has 1 heterocycles. The molecule has 0 aromatic heterocycles. The molecule has 4 nitrogen and oxygen atoms in total. The molecule has 1 fully saturated rings. The lowest BCUT2D eigenvalue weighted by molar-refractivity contribution is 0.185. The quantitative estimate of drug-likeness (QED) is 0.827. The van der Waals surface area contributed by atoms with Crippen LogP contribution in [0, 0.1) is 0 Å². The number of carbonyl (C=O) groups excluding carboxylic acids is 1. The van der Waals surface area contributed by atoms with E-state index in [4.69, 9.17) is 11.6 Å². The van der Waals surface area contributed by atoms with E-state index in [9.17, 15) is 4.79 Å². The Morgan fingerprint density at radius 2 is 1.74 bits per heavy atom. The zero-order chi connectivity index (χ0) is 18.6. The summed E-state index contributed by atoms with van der Waals surface area (Å²) in [5.74, 6) is 0. The topological polar surface area (TPSA) is 44.4 Å². The molecule has 0 bridgehead atoms. The molecule has 1 saturated heterocycles. The molecule has 1 unspecified atom stereocenters. The maximum Gasteiger partial charge on any atom is 0.315 e. The summed E-state index contributed by atoms with van der Waals surface area (Å²) in [5, 5.41) is 7.11. The predicted octanol–water partition coefficient (Wildman–Crippen LogP) is 4.29. The second kappa shape index (κ2) is 8.32. The van der Waals surface area contributed by atoms with Gasteiger partial charge in [-0.3, -0.25) is 4.90 Å². The maximum atomic E-state index is 12.4. The van der Waals surface area contributed by atoms with Gasteiger partial charge in [-0.25, -0.2) is 4.79 Å². The number of rotatable bonds is 4. The summed E-state index contributed by atoms with van der Waals surface area (Å²) in [6.07, 6.45) is 4.01. The molecule has 4 rings (SSSR count). The normalized spacial score (nSPS) is 20.3. The number of hydrogen-bond donors (Lipinski definition) is 2. The van der Waals surface area contributed by atoms with E-state index in [0.717, 1.165) is 50.3 Å². The molecule has 0 saturated carbocycles. The lowest BCUT2D eigenvalue weighted by atomic mass is 10.0. The molecular formula is C22H26ClN3O. The van der Waals surface area contributed by atoms with Crippen LogP contribution in [0.4, 0.5) is 4.79 Å². The standard InChI is InChI=1S/C22H26ClN3O/c23-18-8-5-16(6-9-18)15-26-13-11-19(12-14-26)24-22(27)25-21-10-7-17-3-1-2-4-20(17)21/h1-6,8-9,19,21H,7,10-15H2,(H2,24,25,27). The number of urea groups is 1. The molecular weight excluding hydrogens is 358 g/mol. The van der Waals surface area contributed by atoms with E-state index >= 15 is 0 Å². The van der Waals surface area contributed by atoms with Crippen molar-refractivity contribution in [1.29, 1.82) is 0 Å². The molecule has 142 valence electrons. The summed E-state index contributed by atoms with van der Waals surface area (Å²) in [4.78, 5) is 14.9. The maximum absolute atomic E-state index is 12.4. The number of aryl methyl sites for hydroxylation is 1. The third kappa shape index (κ3) is 4.63. The minimum absolute atomic E-state index is 0.0344. The highest BCUT2D eigenvalue weighted by Gasteiger charge is 2.25. The summed E-state index contributed by atoms with van der Waals surface area (Å²) >= 11 is 5.95. The van der Waals surface area contributed by atoms with Crippen LogP contribution in [0.2, 0.25) is 5.02 Å². The van der Waals surface area contributed by atoms with Crippen LogP contribution >= 0.6 is 11.6 Å². The van der Waals surface area contributed by atoms with Crippen molar-refractivity contribution >= 4 is 17.6 Å². The number of nitrogens with one attached hydrogen (secondary N) is 2. The van der Waals surface area contributed by atoms with Crippen LogP contribution in [0.25, 0.3) is 0 Å². The van der Waals surface area contributed by atoms with Gasteiger partial charge in [-0.05, 0) is 54.5 Å². The zero-order valence-corrected chi connectivity index (χ0v) is 16.2. The summed E-state index contributed by atoms with van der Waals surface area (Å²) < 4.78 is 0. The number of likely N-dealkylation sites (tertiary alicyclic amines) is 1. The fourth-order valence-electron chi connectivity index (χ4n) is 4.18. The number of hydrogen-bond acceptors (Lipinski definition) is 2. The van der Waals surface area contributed by atoms with E-state index in [1.54, 1.807) is 0 Å². The molecule has 2 amide bonds. The minimum atomic E-state index is -0.0344. The average molecular weight is 384 g/mol. The first-order valence-corrected chi connectivity index (χ1v) is 10.2. The van der Waals surface area contributed by atoms with Crippen LogP contribution in [0.3, 0.4) is 0 Å². The van der Waals surface area contributed by atoms with Gasteiger partial charge in [0.1, 0.15) is 0 Å². The van der Waals surface area contributed by atoms with Crippen LogP contribution in [-0.2, 0) is 13.0 Å². The minimum Gasteiger partial charge on any atom is -0.335 e. The lowest BCUT2D eigenvalue weighted by Crippen LogP contribution is -2.48. The Morgan fingerprint density at radius 3 is 2.52 bits per heavy atom. The van der Waals surface area contributed by atoms with Gasteiger partial charge in [0.2, 0.25) is 0 Å². The number of benzene rings is 2. The predicted molar refractivity (Wildman–Crippen MR) is 109 cm³/mol. The number of nitrogens with zero attached hydrogens (tertiary/aromatic N) is 1. The first kappa shape index (κ1) is 18.3. The summed E-state index contributed by atoms with van der Waals surface area (Å²) in [7, 11) is 0. The number of piperidine rings is 1. The van der Waals surface area contributed by atoms with E-state index in [1.165, 1.54) is 16.7 Å². The SMILES string of the molecule is O=C(NC1CCN(Cc2ccc(Cl)cc2)CC1)NC1CCc2ccccc21. The zero-order valence-electron chi connectivity index (χ0n) is 15.5. The van der Waals surface area contributed by atoms with Gasteiger partial charge in [-0.2, -0.15) is 0 Å². The van der Waals surface area contributed by atoms with Crippen molar-refractivity contribution < 1.29 is 4.79 Å². The van der Waals surface area contributed by atoms with E-state index in [1.807, 2.05) is 18.2 Å². The second-order valence-corrected chi connectivity index (χ2v) is 8.02. The Labute approximate surface area is 165 Å². The molecule has 0 radical (unpaired) electrons. The summed E-state index contributed by atoms with van der Waals surface area (Å²) in [6.45, 7) is 2.94. The van der Waals surface area contributed by atoms with Crippen molar-refractivity contribution in [2.45, 2.75) is 44.3 Å². The first-order valence-electron chi connectivity index (χ1n) is 9.79. The van der Waals surface area contributed by atoms with Crippen molar-refractivity contribution in [3.05, 3.63) is 70.2 Å². The van der Waals surface area contributed by atoms with Gasteiger partial charge in [0, 0.05) is 30.7 Å². The van der Waals surface area contributed by atoms with Crippen LogP contribution in [-0.4, -0.2) is 30.1 Å². The molecule has 2 aromatic carbocycles. The van der Waals surface area contributed by atoms with E-state index < -0.39 is 0 Å². The van der Waals surface area contributed by atoms with Crippen LogP contribution in [0.5, 0.6) is 0 Å².